The Kier molecular flexibility index (Phi) is 4.38. The van der Waals surface area contributed by atoms with Crippen LogP contribution in [0.3, 0.4) is 0 Å². The van der Waals surface area contributed by atoms with Crippen molar-refractivity contribution in [3.05, 3.63) is 0 Å². The molecule has 0 aliphatic carbocycles. The minimum Gasteiger partial charge on any atom is -0.406 e. The van der Waals surface area contributed by atoms with E-state index in [0.29, 0.717) is 0 Å². The number of rotatable bonds is 1. The Balaban J connectivity index is 4.47. The molecule has 0 aromatic rings. The van der Waals surface area contributed by atoms with E-state index in [-0.39, 0.29) is 5.41 Å². The molecule has 1 nitrogen and oxygen atoms in total. The van der Waals surface area contributed by atoms with Crippen LogP contribution in [0.15, 0.2) is 0 Å². The van der Waals surface area contributed by atoms with Gasteiger partial charge in [-0.15, -0.1) is 0 Å². The van der Waals surface area contributed by atoms with E-state index in [9.17, 15) is 5.11 Å². The van der Waals surface area contributed by atoms with Gasteiger partial charge in [-0.2, -0.15) is 0 Å². The highest BCUT2D eigenvalue weighted by Gasteiger charge is 2.32. The molecule has 0 amide bonds. The molecule has 0 unspecified atom stereocenters. The molecule has 0 bridgehead atoms. The van der Waals surface area contributed by atoms with Crippen molar-refractivity contribution in [3.63, 3.8) is 0 Å². The summed E-state index contributed by atoms with van der Waals surface area (Å²) in [6, 6.07) is 0. The lowest BCUT2D eigenvalue weighted by atomic mass is 9.52. The highest BCUT2D eigenvalue weighted by molar-refractivity contribution is 14.2. The molecular weight excluding hydrogens is 269 g/mol. The first-order valence-electron chi connectivity index (χ1n) is 3.33. The second kappa shape index (κ2) is 4.11. The Labute approximate surface area is 86.5 Å². The molecule has 5 heteroatoms. The summed E-state index contributed by atoms with van der Waals surface area (Å²) in [4.78, 5) is 0. The lowest BCUT2D eigenvalue weighted by molar-refractivity contribution is 0.122. The zero-order chi connectivity index (χ0) is 9.12. The number of halogens is 1. The van der Waals surface area contributed by atoms with Crippen molar-refractivity contribution < 1.29 is 5.11 Å². The zero-order valence-corrected chi connectivity index (χ0v) is 10.2. The Morgan fingerprint density at radius 2 is 1.91 bits per heavy atom. The van der Waals surface area contributed by atoms with Gasteiger partial charge in [0.1, 0.15) is 15.7 Å². The van der Waals surface area contributed by atoms with E-state index >= 15 is 0 Å². The summed E-state index contributed by atoms with van der Waals surface area (Å²) in [6.07, 6.45) is 0. The summed E-state index contributed by atoms with van der Waals surface area (Å²) in [5.41, 5.74) is -0.342. The van der Waals surface area contributed by atoms with Crippen LogP contribution in [0.1, 0.15) is 13.8 Å². The highest BCUT2D eigenvalue weighted by atomic mass is 127. The lowest BCUT2D eigenvalue weighted by Crippen LogP contribution is -2.44. The van der Waals surface area contributed by atoms with Gasteiger partial charge in [0.05, 0.1) is 0 Å². The van der Waals surface area contributed by atoms with Crippen LogP contribution in [0, 0.1) is 16.6 Å². The Hall–Kier alpha value is 0.730. The van der Waals surface area contributed by atoms with Gasteiger partial charge in [0.15, 0.2) is 0 Å². The first-order valence-corrected chi connectivity index (χ1v) is 6.69. The molecule has 0 aromatic heterocycles. The van der Waals surface area contributed by atoms with Crippen molar-refractivity contribution in [2.45, 2.75) is 19.2 Å². The van der Waals surface area contributed by atoms with Crippen LogP contribution in [0.25, 0.3) is 0 Å². The average molecular weight is 280 g/mol. The summed E-state index contributed by atoms with van der Waals surface area (Å²) in [5.74, 6) is 3.00. The molecule has 0 aliphatic heterocycles. The quantitative estimate of drug-likeness (QED) is 0.413. The molecule has 0 atom stereocenters. The number of hydrogen-bond acceptors (Lipinski definition) is 2. The van der Waals surface area contributed by atoms with Gasteiger partial charge in [-0.25, -0.2) is 0 Å². The van der Waals surface area contributed by atoms with Gasteiger partial charge >= 0.3 is 0 Å². The average Bonchev–Trinajstić information content (AvgIpc) is 1.81. The fourth-order valence-corrected chi connectivity index (χ4v) is 0.924. The summed E-state index contributed by atoms with van der Waals surface area (Å²) in [7, 11) is 5.00. The van der Waals surface area contributed by atoms with E-state index in [0.717, 1.165) is 0 Å². The van der Waals surface area contributed by atoms with Gasteiger partial charge < -0.3 is 5.11 Å². The van der Waals surface area contributed by atoms with Gasteiger partial charge in [-0.1, -0.05) is 5.92 Å². The van der Waals surface area contributed by atoms with Crippen LogP contribution in [-0.2, 0) is 0 Å². The largest absolute Gasteiger partial charge is 0.406 e. The molecule has 0 fully saturated rings. The minimum absolute atomic E-state index is 0.342. The van der Waals surface area contributed by atoms with E-state index in [2.05, 4.69) is 32.4 Å². The first-order chi connectivity index (χ1) is 4.81. The van der Waals surface area contributed by atoms with Crippen molar-refractivity contribution in [2.75, 3.05) is 0 Å². The maximum Gasteiger partial charge on any atom is 0.133 e. The van der Waals surface area contributed by atoms with Crippen molar-refractivity contribution in [3.8, 4) is 11.2 Å². The van der Waals surface area contributed by atoms with Crippen molar-refractivity contribution in [2.24, 2.45) is 5.41 Å². The maximum atomic E-state index is 9.66. The molecule has 0 saturated carbocycles. The normalized spacial score (nSPS) is 12.0. The van der Waals surface area contributed by atoms with Gasteiger partial charge in [-0.3, -0.25) is 0 Å². The minimum atomic E-state index is -0.744. The lowest BCUT2D eigenvalue weighted by Gasteiger charge is -2.32. The van der Waals surface area contributed by atoms with Crippen LogP contribution in [-0.4, -0.2) is 26.2 Å². The number of hydrogen-bond donors (Lipinski definition) is 1. The van der Waals surface area contributed by atoms with Gasteiger partial charge in [-0.05, 0) is 28.0 Å². The maximum absolute atomic E-state index is 9.66. The monoisotopic (exact) mass is 280 g/mol. The smallest absolute Gasteiger partial charge is 0.133 e. The predicted octanol–water partition coefficient (Wildman–Crippen LogP) is -0.0310. The molecule has 0 spiro atoms. The summed E-state index contributed by atoms with van der Waals surface area (Å²) in [5, 5.41) is 11.8. The van der Waals surface area contributed by atoms with Crippen molar-refractivity contribution >= 4 is 45.8 Å². The van der Waals surface area contributed by atoms with Gasteiger partial charge in [0.25, 0.3) is 0 Å². The van der Waals surface area contributed by atoms with E-state index in [4.69, 9.17) is 0 Å². The van der Waals surface area contributed by atoms with Gasteiger partial charge in [0, 0.05) is 32.0 Å². The molecule has 0 aromatic carbocycles. The third-order valence-electron chi connectivity index (χ3n) is 1.93. The molecule has 60 valence electrons. The van der Waals surface area contributed by atoms with Crippen molar-refractivity contribution in [1.82, 2.24) is 0 Å². The van der Waals surface area contributed by atoms with E-state index in [1.807, 2.05) is 13.8 Å². The Morgan fingerprint density at radius 3 is 2.18 bits per heavy atom. The fraction of sp³-hybridized carbons (Fsp3) is 0.667. The van der Waals surface area contributed by atoms with E-state index in [1.54, 1.807) is 15.7 Å². The summed E-state index contributed by atoms with van der Waals surface area (Å²) < 4.78 is 0. The topological polar surface area (TPSA) is 20.2 Å². The van der Waals surface area contributed by atoms with Crippen LogP contribution >= 0.6 is 30.1 Å². The molecular formula is C6H11B2IOS. The van der Waals surface area contributed by atoms with E-state index < -0.39 is 5.40 Å². The molecule has 0 rings (SSSR count). The van der Waals surface area contributed by atoms with Gasteiger partial charge in [0.2, 0.25) is 0 Å². The molecule has 0 saturated heterocycles. The highest BCUT2D eigenvalue weighted by Crippen LogP contribution is 2.25. The molecule has 0 heterocycles. The number of aliphatic hydroxyl groups is 1. The summed E-state index contributed by atoms with van der Waals surface area (Å²) in [6.45, 7) is 3.87. The van der Waals surface area contributed by atoms with Crippen LogP contribution in [0.4, 0.5) is 0 Å². The predicted molar refractivity (Wildman–Crippen MR) is 65.2 cm³/mol. The summed E-state index contributed by atoms with van der Waals surface area (Å²) >= 11 is 2.12. The van der Waals surface area contributed by atoms with Crippen LogP contribution in [0.2, 0.25) is 0 Å². The van der Waals surface area contributed by atoms with Crippen molar-refractivity contribution in [1.29, 1.82) is 0 Å². The third-order valence-corrected chi connectivity index (χ3v) is 2.77. The molecule has 11 heavy (non-hydrogen) atoms. The zero-order valence-electron chi connectivity index (χ0n) is 7.23. The van der Waals surface area contributed by atoms with Crippen LogP contribution in [0.5, 0.6) is 0 Å². The van der Waals surface area contributed by atoms with E-state index in [1.165, 1.54) is 8.93 Å². The van der Waals surface area contributed by atoms with Crippen LogP contribution < -0.4 is 0 Å². The SMILES string of the molecule is BC(B)(O)C(C)(C)C#CSI. The Morgan fingerprint density at radius 1 is 1.45 bits per heavy atom. The second-order valence-corrected chi connectivity index (χ2v) is 5.17. The standard InChI is InChI=1S/C6H11B2IOS/c1-5(2,3-4-11-9)6(7,8)10/h10H,7-8H2,1-2H3. The Bertz CT molecular complexity index is 189. The second-order valence-electron chi connectivity index (χ2n) is 3.49. The third kappa shape index (κ3) is 3.77. The molecule has 0 radical (unpaired) electrons. The fourth-order valence-electron chi connectivity index (χ4n) is 0.300. The molecule has 0 aliphatic rings. The molecule has 1 N–H and O–H groups in total. The first kappa shape index (κ1) is 11.7.